The maximum absolute atomic E-state index is 13.1. The Morgan fingerprint density at radius 2 is 2.00 bits per heavy atom. The van der Waals surface area contributed by atoms with Crippen LogP contribution in [0.1, 0.15) is 37.8 Å². The third-order valence-electron chi connectivity index (χ3n) is 3.51. The Balaban J connectivity index is 2.18. The van der Waals surface area contributed by atoms with Gasteiger partial charge in [-0.25, -0.2) is 0 Å². The fraction of sp³-hybridized carbons (Fsp3) is 0.600. The Kier molecular flexibility index (Phi) is 4.78. The minimum Gasteiger partial charge on any atom is -0.487 e. The van der Waals surface area contributed by atoms with Gasteiger partial charge >= 0.3 is 6.18 Å². The molecular formula is C15H20F3NO2. The molecule has 0 saturated heterocycles. The smallest absolute Gasteiger partial charge is 0.419 e. The van der Waals surface area contributed by atoms with Gasteiger partial charge < -0.3 is 15.2 Å². The maximum atomic E-state index is 13.1. The van der Waals surface area contributed by atoms with Crippen LogP contribution >= 0.6 is 0 Å². The van der Waals surface area contributed by atoms with Crippen molar-refractivity contribution < 1.29 is 23.0 Å². The van der Waals surface area contributed by atoms with Crippen LogP contribution in [0.4, 0.5) is 13.2 Å². The lowest BCUT2D eigenvalue weighted by Gasteiger charge is -2.21. The van der Waals surface area contributed by atoms with Crippen LogP contribution in [0.5, 0.6) is 5.75 Å². The summed E-state index contributed by atoms with van der Waals surface area (Å²) < 4.78 is 44.6. The van der Waals surface area contributed by atoms with Crippen LogP contribution in [-0.2, 0) is 12.7 Å². The lowest BCUT2D eigenvalue weighted by molar-refractivity contribution is -0.139. The van der Waals surface area contributed by atoms with Crippen LogP contribution in [0.2, 0.25) is 0 Å². The molecule has 0 heterocycles. The van der Waals surface area contributed by atoms with Crippen molar-refractivity contribution in [3.63, 3.8) is 0 Å². The third-order valence-corrected chi connectivity index (χ3v) is 3.51. The van der Waals surface area contributed by atoms with E-state index < -0.39 is 23.9 Å². The molecule has 0 radical (unpaired) electrons. The molecule has 0 bridgehead atoms. The van der Waals surface area contributed by atoms with E-state index in [1.165, 1.54) is 19.9 Å². The first-order chi connectivity index (χ1) is 9.77. The van der Waals surface area contributed by atoms with E-state index in [0.717, 1.165) is 18.9 Å². The van der Waals surface area contributed by atoms with Gasteiger partial charge in [0.15, 0.2) is 0 Å². The molecule has 1 aromatic carbocycles. The number of rotatable bonds is 6. The number of benzene rings is 1. The summed E-state index contributed by atoms with van der Waals surface area (Å²) in [5.41, 5.74) is -0.226. The molecule has 1 aromatic rings. The topological polar surface area (TPSA) is 41.5 Å². The summed E-state index contributed by atoms with van der Waals surface area (Å²) in [7, 11) is 0. The Bertz CT molecular complexity index is 484. The lowest BCUT2D eigenvalue weighted by Crippen LogP contribution is -2.27. The van der Waals surface area contributed by atoms with Crippen LogP contribution in [0.25, 0.3) is 0 Å². The van der Waals surface area contributed by atoms with Gasteiger partial charge in [0.05, 0.1) is 11.7 Å². The Morgan fingerprint density at radius 3 is 2.52 bits per heavy atom. The van der Waals surface area contributed by atoms with E-state index >= 15 is 0 Å². The summed E-state index contributed by atoms with van der Waals surface area (Å²) in [5, 5.41) is 12.5. The highest BCUT2D eigenvalue weighted by atomic mass is 19.4. The van der Waals surface area contributed by atoms with Crippen molar-refractivity contribution in [2.75, 3.05) is 0 Å². The van der Waals surface area contributed by atoms with Gasteiger partial charge in [0, 0.05) is 12.6 Å². The molecule has 1 fully saturated rings. The highest BCUT2D eigenvalue weighted by Gasteiger charge is 2.35. The average molecular weight is 303 g/mol. The molecule has 0 amide bonds. The molecule has 0 aromatic heterocycles. The number of aliphatic hydroxyl groups excluding tert-OH is 1. The Hall–Kier alpha value is -1.27. The molecule has 21 heavy (non-hydrogen) atoms. The summed E-state index contributed by atoms with van der Waals surface area (Å²) in [6, 6.07) is 4.49. The number of alkyl halides is 3. The lowest BCUT2D eigenvalue weighted by atomic mass is 10.1. The fourth-order valence-electron chi connectivity index (χ4n) is 1.86. The minimum absolute atomic E-state index is 0.244. The normalized spacial score (nSPS) is 18.4. The van der Waals surface area contributed by atoms with Crippen molar-refractivity contribution in [2.45, 2.75) is 57.7 Å². The van der Waals surface area contributed by atoms with E-state index in [0.29, 0.717) is 18.2 Å². The molecule has 118 valence electrons. The molecular weight excluding hydrogens is 283 g/mol. The molecule has 0 spiro atoms. The molecule has 1 aliphatic rings. The van der Waals surface area contributed by atoms with Crippen LogP contribution in [0.3, 0.4) is 0 Å². The monoisotopic (exact) mass is 303 g/mol. The molecule has 0 aliphatic heterocycles. The van der Waals surface area contributed by atoms with Crippen molar-refractivity contribution in [2.24, 2.45) is 0 Å². The Labute approximate surface area is 122 Å². The Morgan fingerprint density at radius 1 is 1.33 bits per heavy atom. The van der Waals surface area contributed by atoms with E-state index in [4.69, 9.17) is 4.74 Å². The van der Waals surface area contributed by atoms with Gasteiger partial charge in [-0.1, -0.05) is 6.07 Å². The molecule has 2 atom stereocenters. The highest BCUT2D eigenvalue weighted by molar-refractivity contribution is 5.39. The second kappa shape index (κ2) is 6.23. The summed E-state index contributed by atoms with van der Waals surface area (Å²) in [6.07, 6.45) is -3.87. The van der Waals surface area contributed by atoms with Crippen LogP contribution in [0, 0.1) is 0 Å². The second-order valence-electron chi connectivity index (χ2n) is 5.55. The van der Waals surface area contributed by atoms with Crippen molar-refractivity contribution in [1.82, 2.24) is 5.32 Å². The third kappa shape index (κ3) is 4.61. The van der Waals surface area contributed by atoms with Crippen molar-refractivity contribution in [3.8, 4) is 5.75 Å². The first-order valence-corrected chi connectivity index (χ1v) is 7.05. The molecule has 6 heteroatoms. The predicted octanol–water partition coefficient (Wildman–Crippen LogP) is 3.11. The SMILES string of the molecule is CC(O)C(C)Oc1ccc(CNC2CC2)cc1C(F)(F)F. The van der Waals surface area contributed by atoms with Gasteiger partial charge in [0.2, 0.25) is 0 Å². The van der Waals surface area contributed by atoms with Gasteiger partial charge in [0.25, 0.3) is 0 Å². The van der Waals surface area contributed by atoms with Gasteiger partial charge in [-0.2, -0.15) is 13.2 Å². The zero-order valence-electron chi connectivity index (χ0n) is 12.1. The van der Waals surface area contributed by atoms with E-state index in [1.807, 2.05) is 0 Å². The first kappa shape index (κ1) is 16.1. The van der Waals surface area contributed by atoms with E-state index in [9.17, 15) is 18.3 Å². The van der Waals surface area contributed by atoms with Gasteiger partial charge in [-0.05, 0) is 44.4 Å². The van der Waals surface area contributed by atoms with Crippen LogP contribution in [-0.4, -0.2) is 23.4 Å². The number of hydrogen-bond acceptors (Lipinski definition) is 3. The molecule has 2 N–H and O–H groups in total. The van der Waals surface area contributed by atoms with E-state index in [1.54, 1.807) is 6.07 Å². The standard InChI is InChI=1S/C15H20F3NO2/c1-9(20)10(2)21-14-6-3-11(8-19-12-4-5-12)7-13(14)15(16,17)18/h3,6-7,9-10,12,19-20H,4-5,8H2,1-2H3. The number of ether oxygens (including phenoxy) is 1. The van der Waals surface area contributed by atoms with E-state index in [2.05, 4.69) is 5.32 Å². The fourth-order valence-corrected chi connectivity index (χ4v) is 1.86. The summed E-state index contributed by atoms with van der Waals surface area (Å²) in [6.45, 7) is 3.43. The first-order valence-electron chi connectivity index (χ1n) is 7.05. The van der Waals surface area contributed by atoms with Crippen LogP contribution < -0.4 is 10.1 Å². The molecule has 1 aliphatic carbocycles. The number of halogens is 3. The maximum Gasteiger partial charge on any atom is 0.419 e. The molecule has 2 unspecified atom stereocenters. The summed E-state index contributed by atoms with van der Waals surface area (Å²) in [4.78, 5) is 0. The number of hydrogen-bond donors (Lipinski definition) is 2. The molecule has 1 saturated carbocycles. The van der Waals surface area contributed by atoms with Gasteiger partial charge in [-0.15, -0.1) is 0 Å². The van der Waals surface area contributed by atoms with Gasteiger partial charge in [-0.3, -0.25) is 0 Å². The summed E-state index contributed by atoms with van der Waals surface area (Å²) in [5.74, 6) is -0.244. The molecule has 2 rings (SSSR count). The quantitative estimate of drug-likeness (QED) is 0.848. The van der Waals surface area contributed by atoms with Crippen molar-refractivity contribution in [1.29, 1.82) is 0 Å². The zero-order valence-corrected chi connectivity index (χ0v) is 12.1. The van der Waals surface area contributed by atoms with Crippen molar-refractivity contribution in [3.05, 3.63) is 29.3 Å². The predicted molar refractivity (Wildman–Crippen MR) is 73.1 cm³/mol. The highest BCUT2D eigenvalue weighted by Crippen LogP contribution is 2.37. The minimum atomic E-state index is -4.48. The zero-order chi connectivity index (χ0) is 15.6. The second-order valence-corrected chi connectivity index (χ2v) is 5.55. The number of nitrogens with one attached hydrogen (secondary N) is 1. The average Bonchev–Trinajstić information content (AvgIpc) is 3.20. The van der Waals surface area contributed by atoms with Gasteiger partial charge in [0.1, 0.15) is 11.9 Å². The summed E-state index contributed by atoms with van der Waals surface area (Å²) >= 11 is 0. The largest absolute Gasteiger partial charge is 0.487 e. The number of aliphatic hydroxyl groups is 1. The van der Waals surface area contributed by atoms with E-state index in [-0.39, 0.29) is 5.75 Å². The molecule has 3 nitrogen and oxygen atoms in total. The van der Waals surface area contributed by atoms with Crippen molar-refractivity contribution >= 4 is 0 Å². The van der Waals surface area contributed by atoms with Crippen LogP contribution in [0.15, 0.2) is 18.2 Å².